The Morgan fingerprint density at radius 2 is 1.91 bits per heavy atom. The molecule has 0 bridgehead atoms. The fourth-order valence-corrected chi connectivity index (χ4v) is 3.76. The number of amides is 2. The first-order valence-electron chi connectivity index (χ1n) is 10.4. The molecule has 1 unspecified atom stereocenters. The van der Waals surface area contributed by atoms with Gasteiger partial charge in [-0.1, -0.05) is 18.2 Å². The fraction of sp³-hybridized carbons (Fsp3) is 0.167. The zero-order valence-electron chi connectivity index (χ0n) is 17.7. The second kappa shape index (κ2) is 9.58. The molecule has 0 fully saturated rings. The van der Waals surface area contributed by atoms with Gasteiger partial charge in [-0.05, 0) is 54.8 Å². The molecule has 1 heterocycles. The number of nitrogens with zero attached hydrogens (tertiary/aromatic N) is 2. The molecule has 0 saturated carbocycles. The second-order valence-electron chi connectivity index (χ2n) is 7.59. The first-order chi connectivity index (χ1) is 16.0. The number of halogens is 1. The van der Waals surface area contributed by atoms with Gasteiger partial charge in [-0.3, -0.25) is 9.59 Å². The van der Waals surface area contributed by atoms with Crippen LogP contribution in [0.5, 0.6) is 0 Å². The molecule has 4 rings (SSSR count). The molecule has 168 valence electrons. The number of carbonyl (C=O) groups is 2. The number of anilines is 2. The van der Waals surface area contributed by atoms with Gasteiger partial charge in [0, 0.05) is 23.4 Å². The maximum absolute atomic E-state index is 13.1. The van der Waals surface area contributed by atoms with E-state index in [1.54, 1.807) is 12.1 Å². The number of rotatable bonds is 7. The maximum atomic E-state index is 13.1. The molecule has 3 aromatic rings. The molecule has 0 saturated heterocycles. The van der Waals surface area contributed by atoms with Gasteiger partial charge in [0.2, 0.25) is 0 Å². The van der Waals surface area contributed by atoms with Crippen LogP contribution in [0.3, 0.4) is 0 Å². The van der Waals surface area contributed by atoms with E-state index in [1.807, 2.05) is 18.2 Å². The lowest BCUT2D eigenvalue weighted by Gasteiger charge is -2.23. The van der Waals surface area contributed by atoms with Crippen LogP contribution in [0.25, 0.3) is 5.57 Å². The lowest BCUT2D eigenvalue weighted by atomic mass is 9.95. The summed E-state index contributed by atoms with van der Waals surface area (Å²) < 4.78 is 13.1. The molecular formula is C24H23FN6O2. The van der Waals surface area contributed by atoms with Crippen molar-refractivity contribution in [1.82, 2.24) is 9.97 Å². The molecule has 1 atom stereocenters. The van der Waals surface area contributed by atoms with E-state index in [0.29, 0.717) is 41.2 Å². The lowest BCUT2D eigenvalue weighted by Crippen LogP contribution is -2.24. The van der Waals surface area contributed by atoms with Crippen LogP contribution in [-0.4, -0.2) is 28.3 Å². The molecule has 0 spiro atoms. The summed E-state index contributed by atoms with van der Waals surface area (Å²) in [6.45, 7) is 0.257. The van der Waals surface area contributed by atoms with Gasteiger partial charge in [-0.2, -0.15) is 0 Å². The van der Waals surface area contributed by atoms with Gasteiger partial charge >= 0.3 is 0 Å². The van der Waals surface area contributed by atoms with Crippen LogP contribution in [0.4, 0.5) is 15.9 Å². The molecule has 6 N–H and O–H groups in total. The molecule has 0 radical (unpaired) electrons. The van der Waals surface area contributed by atoms with E-state index in [0.717, 1.165) is 11.1 Å². The fourth-order valence-electron chi connectivity index (χ4n) is 3.76. The number of nitrogens with one attached hydrogen (secondary N) is 2. The van der Waals surface area contributed by atoms with E-state index in [4.69, 9.17) is 11.5 Å². The van der Waals surface area contributed by atoms with Crippen molar-refractivity contribution in [3.8, 4) is 0 Å². The Labute approximate surface area is 189 Å². The zero-order valence-corrected chi connectivity index (χ0v) is 17.7. The highest BCUT2D eigenvalue weighted by molar-refractivity contribution is 6.19. The van der Waals surface area contributed by atoms with E-state index in [-0.39, 0.29) is 18.5 Å². The van der Waals surface area contributed by atoms with Gasteiger partial charge in [0.15, 0.2) is 0 Å². The maximum Gasteiger partial charge on any atom is 0.255 e. The normalized spacial score (nSPS) is 13.5. The molecule has 33 heavy (non-hydrogen) atoms. The number of carbonyl (C=O) groups excluding carboxylic acids is 2. The SMILES string of the molecule is NCC(Nc1ncnc2c1CCC=C2C(N)=O)c1cccc(NC(=O)c2ccc(F)cc2)c1. The number of primary amides is 1. The average Bonchev–Trinajstić information content (AvgIpc) is 2.82. The predicted octanol–water partition coefficient (Wildman–Crippen LogP) is 2.79. The molecule has 1 aromatic heterocycles. The van der Waals surface area contributed by atoms with Crippen molar-refractivity contribution >= 4 is 28.9 Å². The van der Waals surface area contributed by atoms with Gasteiger partial charge < -0.3 is 22.1 Å². The van der Waals surface area contributed by atoms with Gasteiger partial charge in [0.1, 0.15) is 18.0 Å². The number of benzene rings is 2. The van der Waals surface area contributed by atoms with Crippen LogP contribution in [0.1, 0.15) is 39.6 Å². The molecule has 1 aliphatic rings. The predicted molar refractivity (Wildman–Crippen MR) is 124 cm³/mol. The minimum absolute atomic E-state index is 0.257. The summed E-state index contributed by atoms with van der Waals surface area (Å²) in [5.41, 5.74) is 15.0. The summed E-state index contributed by atoms with van der Waals surface area (Å²) in [6.07, 6.45) is 4.50. The first kappa shape index (κ1) is 22.1. The average molecular weight is 446 g/mol. The Hall–Kier alpha value is -4.11. The van der Waals surface area contributed by atoms with Crippen LogP contribution in [0.2, 0.25) is 0 Å². The van der Waals surface area contributed by atoms with Crippen molar-refractivity contribution in [2.75, 3.05) is 17.2 Å². The summed E-state index contributed by atoms with van der Waals surface area (Å²) in [4.78, 5) is 32.9. The molecule has 9 heteroatoms. The van der Waals surface area contributed by atoms with Crippen molar-refractivity contribution in [3.63, 3.8) is 0 Å². The highest BCUT2D eigenvalue weighted by Gasteiger charge is 2.23. The molecule has 0 aliphatic heterocycles. The van der Waals surface area contributed by atoms with Crippen molar-refractivity contribution in [3.05, 3.63) is 89.1 Å². The number of fused-ring (bicyclic) bond motifs is 1. The molecule has 2 amide bonds. The summed E-state index contributed by atoms with van der Waals surface area (Å²) >= 11 is 0. The minimum Gasteiger partial charge on any atom is -0.366 e. The smallest absolute Gasteiger partial charge is 0.255 e. The quantitative estimate of drug-likeness (QED) is 0.441. The Morgan fingerprint density at radius 3 is 2.64 bits per heavy atom. The van der Waals surface area contributed by atoms with Crippen molar-refractivity contribution in [1.29, 1.82) is 0 Å². The van der Waals surface area contributed by atoms with E-state index in [1.165, 1.54) is 30.6 Å². The van der Waals surface area contributed by atoms with Gasteiger partial charge in [0.05, 0.1) is 17.3 Å². The molecule has 8 nitrogen and oxygen atoms in total. The van der Waals surface area contributed by atoms with Crippen molar-refractivity contribution in [2.24, 2.45) is 11.5 Å². The Bertz CT molecular complexity index is 1230. The summed E-state index contributed by atoms with van der Waals surface area (Å²) in [5.74, 6) is -0.695. The number of allylic oxidation sites excluding steroid dienone is 1. The van der Waals surface area contributed by atoms with Gasteiger partial charge in [-0.25, -0.2) is 14.4 Å². The third kappa shape index (κ3) is 4.88. The van der Waals surface area contributed by atoms with Crippen LogP contribution in [-0.2, 0) is 11.2 Å². The van der Waals surface area contributed by atoms with Crippen LogP contribution in [0, 0.1) is 5.82 Å². The monoisotopic (exact) mass is 446 g/mol. The van der Waals surface area contributed by atoms with E-state index in [2.05, 4.69) is 20.6 Å². The number of nitrogens with two attached hydrogens (primary N) is 2. The van der Waals surface area contributed by atoms with Gasteiger partial charge in [-0.15, -0.1) is 0 Å². The molecule has 1 aliphatic carbocycles. The van der Waals surface area contributed by atoms with E-state index < -0.39 is 11.7 Å². The van der Waals surface area contributed by atoms with E-state index in [9.17, 15) is 14.0 Å². The largest absolute Gasteiger partial charge is 0.366 e. The minimum atomic E-state index is -0.527. The van der Waals surface area contributed by atoms with Crippen LogP contribution >= 0.6 is 0 Å². The third-order valence-corrected chi connectivity index (χ3v) is 5.41. The highest BCUT2D eigenvalue weighted by atomic mass is 19.1. The Morgan fingerprint density at radius 1 is 1.12 bits per heavy atom. The number of aromatic nitrogens is 2. The van der Waals surface area contributed by atoms with Crippen molar-refractivity contribution < 1.29 is 14.0 Å². The standard InChI is InChI=1S/C24H23FN6O2/c25-16-9-7-14(8-10-16)24(33)30-17-4-1-3-15(11-17)20(12-26)31-23-19-6-2-5-18(22(27)32)21(19)28-13-29-23/h1,3-5,7-11,13,20H,2,6,12,26H2,(H2,27,32)(H,30,33)(H,28,29,31). The first-order valence-corrected chi connectivity index (χ1v) is 10.4. The van der Waals surface area contributed by atoms with Crippen LogP contribution < -0.4 is 22.1 Å². The third-order valence-electron chi connectivity index (χ3n) is 5.41. The van der Waals surface area contributed by atoms with Crippen LogP contribution in [0.15, 0.2) is 60.9 Å². The van der Waals surface area contributed by atoms with Gasteiger partial charge in [0.25, 0.3) is 11.8 Å². The summed E-state index contributed by atoms with van der Waals surface area (Å²) in [5, 5.41) is 6.16. The lowest BCUT2D eigenvalue weighted by molar-refractivity contribution is -0.112. The summed E-state index contributed by atoms with van der Waals surface area (Å²) in [6, 6.07) is 12.3. The number of hydrogen-bond donors (Lipinski definition) is 4. The topological polar surface area (TPSA) is 136 Å². The second-order valence-corrected chi connectivity index (χ2v) is 7.59. The van der Waals surface area contributed by atoms with E-state index >= 15 is 0 Å². The molecule has 2 aromatic carbocycles. The zero-order chi connectivity index (χ0) is 23.4. The van der Waals surface area contributed by atoms with Crippen molar-refractivity contribution in [2.45, 2.75) is 18.9 Å². The highest BCUT2D eigenvalue weighted by Crippen LogP contribution is 2.30. The molecular weight excluding hydrogens is 423 g/mol. The Balaban J connectivity index is 1.55. The number of hydrogen-bond acceptors (Lipinski definition) is 6. The Kier molecular flexibility index (Phi) is 6.41. The summed E-state index contributed by atoms with van der Waals surface area (Å²) in [7, 11) is 0.